The highest BCUT2D eigenvalue weighted by Gasteiger charge is 2.19. The Bertz CT molecular complexity index is 812. The van der Waals surface area contributed by atoms with Gasteiger partial charge in [-0.05, 0) is 17.7 Å². The maximum Gasteiger partial charge on any atom is 0.265 e. The molecule has 0 radical (unpaired) electrons. The molecule has 0 N–H and O–H groups in total. The molecule has 2 aromatic heterocycles. The van der Waals surface area contributed by atoms with Gasteiger partial charge in [0.15, 0.2) is 0 Å². The van der Waals surface area contributed by atoms with E-state index >= 15 is 0 Å². The van der Waals surface area contributed by atoms with Gasteiger partial charge in [0.25, 0.3) is 11.8 Å². The molecule has 25 heavy (non-hydrogen) atoms. The Morgan fingerprint density at radius 3 is 2.24 bits per heavy atom. The van der Waals surface area contributed by atoms with Crippen LogP contribution in [0.25, 0.3) is 17.2 Å². The SMILES string of the molecule is COc1nc(-n2cccc2-c2ccccc2)nc(OC)c1OCCF. The highest BCUT2D eigenvalue weighted by molar-refractivity contribution is 5.62. The summed E-state index contributed by atoms with van der Waals surface area (Å²) in [4.78, 5) is 8.77. The number of nitrogens with zero attached hydrogens (tertiary/aromatic N) is 3. The molecule has 0 spiro atoms. The zero-order valence-corrected chi connectivity index (χ0v) is 14.0. The molecule has 0 saturated carbocycles. The van der Waals surface area contributed by atoms with Crippen molar-refractivity contribution in [1.82, 2.24) is 14.5 Å². The van der Waals surface area contributed by atoms with E-state index in [1.54, 1.807) is 0 Å². The Balaban J connectivity index is 2.09. The lowest BCUT2D eigenvalue weighted by molar-refractivity contribution is 0.240. The number of benzene rings is 1. The fourth-order valence-corrected chi connectivity index (χ4v) is 2.45. The number of hydrogen-bond donors (Lipinski definition) is 0. The second-order valence-corrected chi connectivity index (χ2v) is 5.04. The number of halogens is 1. The lowest BCUT2D eigenvalue weighted by atomic mass is 10.1. The van der Waals surface area contributed by atoms with E-state index in [9.17, 15) is 4.39 Å². The van der Waals surface area contributed by atoms with Gasteiger partial charge in [-0.2, -0.15) is 9.97 Å². The highest BCUT2D eigenvalue weighted by Crippen LogP contribution is 2.35. The summed E-state index contributed by atoms with van der Waals surface area (Å²) < 4.78 is 30.1. The van der Waals surface area contributed by atoms with E-state index in [-0.39, 0.29) is 24.1 Å². The average Bonchev–Trinajstić information content (AvgIpc) is 3.16. The van der Waals surface area contributed by atoms with Crippen molar-refractivity contribution in [3.05, 3.63) is 48.7 Å². The van der Waals surface area contributed by atoms with E-state index in [4.69, 9.17) is 14.2 Å². The van der Waals surface area contributed by atoms with Crippen LogP contribution in [0.3, 0.4) is 0 Å². The monoisotopic (exact) mass is 343 g/mol. The second-order valence-electron chi connectivity index (χ2n) is 5.04. The lowest BCUT2D eigenvalue weighted by Crippen LogP contribution is -2.09. The third-order valence-corrected chi connectivity index (χ3v) is 3.54. The molecule has 2 heterocycles. The van der Waals surface area contributed by atoms with E-state index in [1.807, 2.05) is 53.2 Å². The quantitative estimate of drug-likeness (QED) is 0.659. The third-order valence-electron chi connectivity index (χ3n) is 3.54. The molecule has 0 aliphatic heterocycles. The number of rotatable bonds is 7. The molecule has 0 unspecified atom stereocenters. The topological polar surface area (TPSA) is 58.4 Å². The van der Waals surface area contributed by atoms with Crippen molar-refractivity contribution in [3.8, 4) is 34.7 Å². The fourth-order valence-electron chi connectivity index (χ4n) is 2.45. The van der Waals surface area contributed by atoms with Gasteiger partial charge in [0.05, 0.1) is 19.9 Å². The molecule has 3 rings (SSSR count). The molecule has 0 aliphatic rings. The summed E-state index contributed by atoms with van der Waals surface area (Å²) in [7, 11) is 2.92. The lowest BCUT2D eigenvalue weighted by Gasteiger charge is -2.15. The standard InChI is InChI=1S/C18H18FN3O3/c1-23-16-15(25-12-10-19)17(24-2)21-18(20-16)22-11-6-9-14(22)13-7-4-3-5-8-13/h3-9,11H,10,12H2,1-2H3. The summed E-state index contributed by atoms with van der Waals surface area (Å²) in [5.74, 6) is 0.913. The molecule has 0 atom stereocenters. The van der Waals surface area contributed by atoms with E-state index in [1.165, 1.54) is 14.2 Å². The number of methoxy groups -OCH3 is 2. The van der Waals surface area contributed by atoms with E-state index in [0.717, 1.165) is 11.3 Å². The molecule has 3 aromatic rings. The molecule has 0 fully saturated rings. The first-order valence-electron chi connectivity index (χ1n) is 7.70. The molecule has 130 valence electrons. The maximum absolute atomic E-state index is 12.4. The molecule has 1 aromatic carbocycles. The summed E-state index contributed by atoms with van der Waals surface area (Å²) in [6, 6.07) is 13.7. The van der Waals surface area contributed by atoms with Gasteiger partial charge in [-0.15, -0.1) is 0 Å². The first kappa shape index (κ1) is 16.8. The molecule has 0 aliphatic carbocycles. The largest absolute Gasteiger partial charge is 0.481 e. The van der Waals surface area contributed by atoms with Crippen LogP contribution >= 0.6 is 0 Å². The van der Waals surface area contributed by atoms with Crippen LogP contribution in [-0.4, -0.2) is 42.0 Å². The van der Waals surface area contributed by atoms with Crippen molar-refractivity contribution in [1.29, 1.82) is 0 Å². The van der Waals surface area contributed by atoms with Crippen LogP contribution in [0, 0.1) is 0 Å². The Hall–Kier alpha value is -3.09. The van der Waals surface area contributed by atoms with Crippen LogP contribution in [0.5, 0.6) is 17.5 Å². The maximum atomic E-state index is 12.4. The number of hydrogen-bond acceptors (Lipinski definition) is 5. The number of aromatic nitrogens is 3. The zero-order valence-electron chi connectivity index (χ0n) is 14.0. The summed E-state index contributed by atoms with van der Waals surface area (Å²) in [5.41, 5.74) is 1.94. The van der Waals surface area contributed by atoms with Gasteiger partial charge in [0, 0.05) is 6.20 Å². The molecule has 6 nitrogen and oxygen atoms in total. The summed E-state index contributed by atoms with van der Waals surface area (Å²) in [6.45, 7) is -0.766. The molecular formula is C18H18FN3O3. The molecule has 7 heteroatoms. The Morgan fingerprint density at radius 2 is 1.64 bits per heavy atom. The van der Waals surface area contributed by atoms with Gasteiger partial charge < -0.3 is 14.2 Å². The van der Waals surface area contributed by atoms with Gasteiger partial charge in [0.2, 0.25) is 11.7 Å². The second kappa shape index (κ2) is 7.65. The Kier molecular flexibility index (Phi) is 5.13. The van der Waals surface area contributed by atoms with E-state index in [2.05, 4.69) is 9.97 Å². The number of ether oxygens (including phenoxy) is 3. The minimum Gasteiger partial charge on any atom is -0.481 e. The summed E-state index contributed by atoms with van der Waals surface area (Å²) in [5, 5.41) is 0. The zero-order chi connectivity index (χ0) is 17.6. The smallest absolute Gasteiger partial charge is 0.265 e. The van der Waals surface area contributed by atoms with Gasteiger partial charge >= 0.3 is 0 Å². The molecule has 0 amide bonds. The average molecular weight is 343 g/mol. The summed E-state index contributed by atoms with van der Waals surface area (Å²) in [6.07, 6.45) is 1.85. The molecule has 0 saturated heterocycles. The number of alkyl halides is 1. The van der Waals surface area contributed by atoms with Crippen LogP contribution in [0.1, 0.15) is 0 Å². The fraction of sp³-hybridized carbons (Fsp3) is 0.222. The van der Waals surface area contributed by atoms with E-state index in [0.29, 0.717) is 5.95 Å². The molecular weight excluding hydrogens is 325 g/mol. The van der Waals surface area contributed by atoms with Gasteiger partial charge in [-0.25, -0.2) is 4.39 Å². The van der Waals surface area contributed by atoms with Crippen molar-refractivity contribution >= 4 is 0 Å². The minimum absolute atomic E-state index is 0.131. The van der Waals surface area contributed by atoms with Crippen LogP contribution in [0.15, 0.2) is 48.7 Å². The van der Waals surface area contributed by atoms with Gasteiger partial charge in [0.1, 0.15) is 13.3 Å². The Morgan fingerprint density at radius 1 is 0.960 bits per heavy atom. The van der Waals surface area contributed by atoms with Crippen molar-refractivity contribution in [2.24, 2.45) is 0 Å². The highest BCUT2D eigenvalue weighted by atomic mass is 19.1. The van der Waals surface area contributed by atoms with Crippen LogP contribution in [0.2, 0.25) is 0 Å². The first-order valence-corrected chi connectivity index (χ1v) is 7.70. The Labute approximate surface area is 144 Å². The predicted molar refractivity (Wildman–Crippen MR) is 91.4 cm³/mol. The van der Waals surface area contributed by atoms with Crippen LogP contribution in [0.4, 0.5) is 4.39 Å². The van der Waals surface area contributed by atoms with Gasteiger partial charge in [-0.3, -0.25) is 4.57 Å². The van der Waals surface area contributed by atoms with Crippen molar-refractivity contribution in [2.75, 3.05) is 27.5 Å². The third kappa shape index (κ3) is 3.40. The van der Waals surface area contributed by atoms with Gasteiger partial charge in [-0.1, -0.05) is 30.3 Å². The first-order chi connectivity index (χ1) is 12.3. The van der Waals surface area contributed by atoms with E-state index < -0.39 is 6.67 Å². The minimum atomic E-state index is -0.635. The van der Waals surface area contributed by atoms with Crippen molar-refractivity contribution < 1.29 is 18.6 Å². The van der Waals surface area contributed by atoms with Crippen LogP contribution < -0.4 is 14.2 Å². The van der Waals surface area contributed by atoms with Crippen molar-refractivity contribution in [2.45, 2.75) is 0 Å². The van der Waals surface area contributed by atoms with Crippen LogP contribution in [-0.2, 0) is 0 Å². The predicted octanol–water partition coefficient (Wildman–Crippen LogP) is 3.30. The normalized spacial score (nSPS) is 10.5. The molecule has 0 bridgehead atoms. The summed E-state index contributed by atoms with van der Waals surface area (Å²) >= 11 is 0. The van der Waals surface area contributed by atoms with Crippen molar-refractivity contribution in [3.63, 3.8) is 0 Å².